The Kier molecular flexibility index (Phi) is 3.03. The Bertz CT molecular complexity index is 302. The Morgan fingerprint density at radius 3 is 1.62 bits per heavy atom. The highest BCUT2D eigenvalue weighted by atomic mass is 16.3. The Labute approximate surface area is 95.7 Å². The number of Topliss-reactive ketones (excluding diaryl/α,β-unsaturated/α-hetero) is 2. The zero-order chi connectivity index (χ0) is 12.8. The molecular formula is C12H20O4. The van der Waals surface area contributed by atoms with Gasteiger partial charge < -0.3 is 10.2 Å². The summed E-state index contributed by atoms with van der Waals surface area (Å²) in [4.78, 5) is 24.4. The van der Waals surface area contributed by atoms with Crippen molar-refractivity contribution in [2.45, 2.75) is 34.1 Å². The van der Waals surface area contributed by atoms with E-state index in [1.807, 2.05) is 20.8 Å². The maximum absolute atomic E-state index is 12.2. The fraction of sp³-hybridized carbons (Fsp3) is 0.833. The van der Waals surface area contributed by atoms with Gasteiger partial charge in [-0.2, -0.15) is 0 Å². The summed E-state index contributed by atoms with van der Waals surface area (Å²) in [5.74, 6) is -0.630. The molecular weight excluding hydrogens is 208 g/mol. The van der Waals surface area contributed by atoms with Crippen LogP contribution in [0.3, 0.4) is 0 Å². The molecule has 4 heteroatoms. The zero-order valence-electron chi connectivity index (χ0n) is 10.3. The molecule has 0 aliphatic heterocycles. The van der Waals surface area contributed by atoms with Crippen LogP contribution in [-0.4, -0.2) is 35.0 Å². The molecule has 0 aromatic heterocycles. The summed E-state index contributed by atoms with van der Waals surface area (Å²) in [6, 6.07) is 0. The summed E-state index contributed by atoms with van der Waals surface area (Å²) >= 11 is 0. The summed E-state index contributed by atoms with van der Waals surface area (Å²) < 4.78 is 0. The van der Waals surface area contributed by atoms with E-state index in [2.05, 4.69) is 0 Å². The monoisotopic (exact) mass is 228 g/mol. The number of carbonyl (C=O) groups excluding carboxylic acids is 2. The largest absolute Gasteiger partial charge is 0.395 e. The topological polar surface area (TPSA) is 74.6 Å². The second kappa shape index (κ2) is 3.64. The van der Waals surface area contributed by atoms with E-state index in [1.54, 1.807) is 6.92 Å². The number of ketones is 2. The number of hydrogen-bond donors (Lipinski definition) is 2. The Balaban J connectivity index is 3.24. The van der Waals surface area contributed by atoms with E-state index in [-0.39, 0.29) is 11.6 Å². The van der Waals surface area contributed by atoms with Crippen LogP contribution >= 0.6 is 0 Å². The third-order valence-electron chi connectivity index (χ3n) is 4.00. The van der Waals surface area contributed by atoms with Gasteiger partial charge in [-0.1, -0.05) is 27.7 Å². The molecule has 0 aromatic carbocycles. The standard InChI is InChI=1S/C12H20O4/c1-5-12(10(2,3)4)8(15)11(6-13,7-14)9(12)16/h13-14H,5-7H2,1-4H3. The Morgan fingerprint density at radius 2 is 1.44 bits per heavy atom. The minimum absolute atomic E-state index is 0.315. The predicted molar refractivity (Wildman–Crippen MR) is 58.8 cm³/mol. The van der Waals surface area contributed by atoms with Crippen molar-refractivity contribution in [3.05, 3.63) is 0 Å². The lowest BCUT2D eigenvalue weighted by Gasteiger charge is -2.56. The van der Waals surface area contributed by atoms with Gasteiger partial charge in [-0.25, -0.2) is 0 Å². The van der Waals surface area contributed by atoms with E-state index in [9.17, 15) is 9.59 Å². The van der Waals surface area contributed by atoms with Gasteiger partial charge in [-0.3, -0.25) is 9.59 Å². The molecule has 1 aliphatic rings. The molecule has 0 aromatic rings. The van der Waals surface area contributed by atoms with Gasteiger partial charge in [0.1, 0.15) is 5.41 Å². The normalized spacial score (nSPS) is 23.1. The minimum Gasteiger partial charge on any atom is -0.395 e. The van der Waals surface area contributed by atoms with Crippen molar-refractivity contribution in [1.29, 1.82) is 0 Å². The van der Waals surface area contributed by atoms with Crippen molar-refractivity contribution in [3.8, 4) is 0 Å². The lowest BCUT2D eigenvalue weighted by Crippen LogP contribution is -2.73. The highest BCUT2D eigenvalue weighted by Gasteiger charge is 2.73. The first-order valence-corrected chi connectivity index (χ1v) is 5.56. The number of hydrogen-bond acceptors (Lipinski definition) is 4. The van der Waals surface area contributed by atoms with Crippen LogP contribution in [0.4, 0.5) is 0 Å². The van der Waals surface area contributed by atoms with Crippen LogP contribution in [0.5, 0.6) is 0 Å². The van der Waals surface area contributed by atoms with Crippen molar-refractivity contribution >= 4 is 11.6 Å². The molecule has 1 fully saturated rings. The van der Waals surface area contributed by atoms with Crippen molar-refractivity contribution in [3.63, 3.8) is 0 Å². The van der Waals surface area contributed by atoms with Gasteiger partial charge in [-0.15, -0.1) is 0 Å². The quantitative estimate of drug-likeness (QED) is 0.692. The van der Waals surface area contributed by atoms with Crippen LogP contribution < -0.4 is 0 Å². The molecule has 16 heavy (non-hydrogen) atoms. The fourth-order valence-corrected chi connectivity index (χ4v) is 2.83. The smallest absolute Gasteiger partial charge is 0.165 e. The van der Waals surface area contributed by atoms with Gasteiger partial charge in [0.05, 0.1) is 18.6 Å². The molecule has 4 nitrogen and oxygen atoms in total. The van der Waals surface area contributed by atoms with Crippen LogP contribution in [0.25, 0.3) is 0 Å². The number of aliphatic hydroxyl groups is 2. The first-order valence-electron chi connectivity index (χ1n) is 5.56. The zero-order valence-corrected chi connectivity index (χ0v) is 10.3. The summed E-state index contributed by atoms with van der Waals surface area (Å²) in [6.45, 7) is 6.11. The van der Waals surface area contributed by atoms with Crippen LogP contribution in [-0.2, 0) is 9.59 Å². The molecule has 0 amide bonds. The molecule has 0 atom stereocenters. The average Bonchev–Trinajstić information content (AvgIpc) is 2.19. The summed E-state index contributed by atoms with van der Waals surface area (Å²) in [7, 11) is 0. The molecule has 2 N–H and O–H groups in total. The van der Waals surface area contributed by atoms with Crippen LogP contribution in [0, 0.1) is 16.2 Å². The van der Waals surface area contributed by atoms with Gasteiger partial charge in [0.2, 0.25) is 0 Å². The summed E-state index contributed by atoms with van der Waals surface area (Å²) in [5.41, 5.74) is -3.08. The van der Waals surface area contributed by atoms with E-state index in [4.69, 9.17) is 10.2 Å². The third-order valence-corrected chi connectivity index (χ3v) is 4.00. The van der Waals surface area contributed by atoms with Gasteiger partial charge in [0.25, 0.3) is 0 Å². The Morgan fingerprint density at radius 1 is 1.06 bits per heavy atom. The summed E-state index contributed by atoms with van der Waals surface area (Å²) in [6.07, 6.45) is 0.413. The maximum atomic E-state index is 12.2. The second-order valence-electron chi connectivity index (χ2n) is 5.57. The molecule has 0 unspecified atom stereocenters. The van der Waals surface area contributed by atoms with Crippen molar-refractivity contribution in [2.24, 2.45) is 16.2 Å². The van der Waals surface area contributed by atoms with E-state index >= 15 is 0 Å². The summed E-state index contributed by atoms with van der Waals surface area (Å²) in [5, 5.41) is 18.3. The first kappa shape index (κ1) is 13.3. The van der Waals surface area contributed by atoms with Crippen molar-refractivity contribution < 1.29 is 19.8 Å². The lowest BCUT2D eigenvalue weighted by molar-refractivity contribution is -0.188. The molecule has 1 rings (SSSR count). The Hall–Kier alpha value is -0.740. The van der Waals surface area contributed by atoms with Crippen molar-refractivity contribution in [2.75, 3.05) is 13.2 Å². The molecule has 0 bridgehead atoms. The molecule has 0 saturated heterocycles. The highest BCUT2D eigenvalue weighted by Crippen LogP contribution is 2.58. The molecule has 1 saturated carbocycles. The molecule has 0 radical (unpaired) electrons. The maximum Gasteiger partial charge on any atom is 0.165 e. The molecule has 92 valence electrons. The van der Waals surface area contributed by atoms with E-state index in [1.165, 1.54) is 0 Å². The second-order valence-corrected chi connectivity index (χ2v) is 5.57. The van der Waals surface area contributed by atoms with E-state index in [0.29, 0.717) is 6.42 Å². The van der Waals surface area contributed by atoms with Crippen LogP contribution in [0.2, 0.25) is 0 Å². The predicted octanol–water partition coefficient (Wildman–Crippen LogP) is 0.552. The average molecular weight is 228 g/mol. The van der Waals surface area contributed by atoms with E-state index in [0.717, 1.165) is 0 Å². The van der Waals surface area contributed by atoms with Crippen LogP contribution in [0.15, 0.2) is 0 Å². The number of rotatable bonds is 3. The number of aliphatic hydroxyl groups excluding tert-OH is 2. The third kappa shape index (κ3) is 1.17. The fourth-order valence-electron chi connectivity index (χ4n) is 2.83. The molecule has 0 heterocycles. The van der Waals surface area contributed by atoms with E-state index < -0.39 is 29.5 Å². The lowest BCUT2D eigenvalue weighted by atomic mass is 9.42. The van der Waals surface area contributed by atoms with Gasteiger partial charge in [0.15, 0.2) is 11.6 Å². The molecule has 1 aliphatic carbocycles. The first-order chi connectivity index (χ1) is 7.24. The van der Waals surface area contributed by atoms with Gasteiger partial charge in [0, 0.05) is 0 Å². The van der Waals surface area contributed by atoms with Gasteiger partial charge in [-0.05, 0) is 11.8 Å². The molecule has 0 spiro atoms. The SMILES string of the molecule is CCC1(C(C)(C)C)C(=O)C(CO)(CO)C1=O. The van der Waals surface area contributed by atoms with Gasteiger partial charge >= 0.3 is 0 Å². The number of carbonyl (C=O) groups is 2. The van der Waals surface area contributed by atoms with Crippen LogP contribution in [0.1, 0.15) is 34.1 Å². The minimum atomic E-state index is -1.55. The highest BCUT2D eigenvalue weighted by molar-refractivity contribution is 6.31. The van der Waals surface area contributed by atoms with Crippen molar-refractivity contribution in [1.82, 2.24) is 0 Å².